The van der Waals surface area contributed by atoms with Gasteiger partial charge in [-0.15, -0.1) is 0 Å². The van der Waals surface area contributed by atoms with Gasteiger partial charge in [-0.25, -0.2) is 9.18 Å². The number of anilines is 1. The van der Waals surface area contributed by atoms with Crippen LogP contribution in [0.5, 0.6) is 0 Å². The van der Waals surface area contributed by atoms with E-state index in [0.29, 0.717) is 31.0 Å². The van der Waals surface area contributed by atoms with Gasteiger partial charge in [-0.2, -0.15) is 0 Å². The predicted octanol–water partition coefficient (Wildman–Crippen LogP) is 2.02. The fourth-order valence-corrected chi connectivity index (χ4v) is 4.40. The summed E-state index contributed by atoms with van der Waals surface area (Å²) in [6.45, 7) is 5.35. The first-order valence-corrected chi connectivity index (χ1v) is 11.2. The number of rotatable bonds is 6. The smallest absolute Gasteiger partial charge is 0.331 e. The van der Waals surface area contributed by atoms with Crippen LogP contribution in [-0.4, -0.2) is 40.2 Å². The molecule has 2 aromatic carbocycles. The third-order valence-electron chi connectivity index (χ3n) is 6.40. The molecule has 4 rings (SSSR count). The topological polar surface area (TPSA) is 76.5 Å². The maximum atomic E-state index is 13.5. The van der Waals surface area contributed by atoms with Gasteiger partial charge in [-0.3, -0.25) is 18.8 Å². The Morgan fingerprint density at radius 3 is 2.36 bits per heavy atom. The van der Waals surface area contributed by atoms with Crippen molar-refractivity contribution in [3.05, 3.63) is 98.1 Å². The Hall–Kier alpha value is -3.23. The van der Waals surface area contributed by atoms with Crippen molar-refractivity contribution in [2.24, 2.45) is 12.8 Å². The van der Waals surface area contributed by atoms with Gasteiger partial charge in [0, 0.05) is 51.5 Å². The lowest BCUT2D eigenvalue weighted by Crippen LogP contribution is -2.51. The van der Waals surface area contributed by atoms with E-state index in [1.54, 1.807) is 26.1 Å². The van der Waals surface area contributed by atoms with E-state index in [4.69, 9.17) is 5.73 Å². The summed E-state index contributed by atoms with van der Waals surface area (Å²) in [5.74, 6) is -0.235. The fraction of sp³-hybridized carbons (Fsp3) is 0.360. The Kier molecular flexibility index (Phi) is 6.76. The lowest BCUT2D eigenvalue weighted by Gasteiger charge is -2.36. The number of aromatic nitrogens is 2. The summed E-state index contributed by atoms with van der Waals surface area (Å²) in [4.78, 5) is 30.6. The number of hydrogen-bond acceptors (Lipinski definition) is 5. The minimum absolute atomic E-state index is 0.113. The van der Waals surface area contributed by atoms with E-state index >= 15 is 0 Å². The first-order chi connectivity index (χ1) is 15.8. The van der Waals surface area contributed by atoms with Crippen LogP contribution in [-0.2, 0) is 20.1 Å². The van der Waals surface area contributed by atoms with Crippen molar-refractivity contribution >= 4 is 5.69 Å². The van der Waals surface area contributed by atoms with Gasteiger partial charge in [0.15, 0.2) is 0 Å². The van der Waals surface area contributed by atoms with Crippen LogP contribution >= 0.6 is 0 Å². The summed E-state index contributed by atoms with van der Waals surface area (Å²) in [7, 11) is 1.69. The molecule has 174 valence electrons. The Morgan fingerprint density at radius 2 is 1.70 bits per heavy atom. The third kappa shape index (κ3) is 4.91. The van der Waals surface area contributed by atoms with E-state index in [1.807, 2.05) is 41.3 Å². The molecule has 1 unspecified atom stereocenters. The fourth-order valence-electron chi connectivity index (χ4n) is 4.40. The molecule has 3 aromatic rings. The summed E-state index contributed by atoms with van der Waals surface area (Å²) in [5.41, 5.74) is 8.65. The van der Waals surface area contributed by atoms with Crippen molar-refractivity contribution in [1.29, 1.82) is 0 Å². The highest BCUT2D eigenvalue weighted by atomic mass is 19.1. The summed E-state index contributed by atoms with van der Waals surface area (Å²) in [6, 6.07) is 15.6. The first-order valence-electron chi connectivity index (χ1n) is 11.2. The second kappa shape index (κ2) is 9.72. The highest BCUT2D eigenvalue weighted by Gasteiger charge is 2.25. The SMILES string of the molecule is Cc1c(N2CCN(Cc3cccc(F)c3)CC2)c(=O)n(CC(N)c2ccccc2)c(=O)n1C. The number of hydrogen-bond donors (Lipinski definition) is 1. The highest BCUT2D eigenvalue weighted by Crippen LogP contribution is 2.18. The minimum Gasteiger partial charge on any atom is -0.363 e. The van der Waals surface area contributed by atoms with Crippen LogP contribution in [0.15, 0.2) is 64.2 Å². The van der Waals surface area contributed by atoms with Crippen molar-refractivity contribution in [2.75, 3.05) is 31.1 Å². The Bertz CT molecular complexity index is 1230. The molecular weight excluding hydrogens is 421 g/mol. The van der Waals surface area contributed by atoms with E-state index in [0.717, 1.165) is 24.2 Å². The quantitative estimate of drug-likeness (QED) is 0.621. The van der Waals surface area contributed by atoms with Crippen LogP contribution in [0.2, 0.25) is 0 Å². The van der Waals surface area contributed by atoms with Crippen molar-refractivity contribution in [1.82, 2.24) is 14.0 Å². The molecule has 0 spiro atoms. The van der Waals surface area contributed by atoms with E-state index in [1.165, 1.54) is 15.2 Å². The largest absolute Gasteiger partial charge is 0.363 e. The monoisotopic (exact) mass is 451 g/mol. The molecular formula is C25H30FN5O2. The maximum absolute atomic E-state index is 13.5. The van der Waals surface area contributed by atoms with E-state index in [2.05, 4.69) is 4.90 Å². The predicted molar refractivity (Wildman–Crippen MR) is 128 cm³/mol. The Balaban J connectivity index is 1.54. The van der Waals surface area contributed by atoms with Crippen molar-refractivity contribution in [2.45, 2.75) is 26.1 Å². The van der Waals surface area contributed by atoms with E-state index in [-0.39, 0.29) is 23.6 Å². The van der Waals surface area contributed by atoms with Gasteiger partial charge in [0.05, 0.1) is 6.54 Å². The molecule has 0 radical (unpaired) electrons. The van der Waals surface area contributed by atoms with Crippen molar-refractivity contribution in [3.63, 3.8) is 0 Å². The normalized spacial score (nSPS) is 15.6. The molecule has 0 amide bonds. The summed E-state index contributed by atoms with van der Waals surface area (Å²) >= 11 is 0. The van der Waals surface area contributed by atoms with Crippen LogP contribution in [0.3, 0.4) is 0 Å². The van der Waals surface area contributed by atoms with Crippen molar-refractivity contribution in [3.8, 4) is 0 Å². The maximum Gasteiger partial charge on any atom is 0.331 e. The van der Waals surface area contributed by atoms with Gasteiger partial charge < -0.3 is 10.6 Å². The Morgan fingerprint density at radius 1 is 1.00 bits per heavy atom. The summed E-state index contributed by atoms with van der Waals surface area (Å²) in [6.07, 6.45) is 0. The molecule has 1 fully saturated rings. The van der Waals surface area contributed by atoms with Gasteiger partial charge in [-0.05, 0) is 30.2 Å². The lowest BCUT2D eigenvalue weighted by atomic mass is 10.1. The molecule has 0 saturated carbocycles. The second-order valence-electron chi connectivity index (χ2n) is 8.60. The molecule has 2 N–H and O–H groups in total. The van der Waals surface area contributed by atoms with E-state index < -0.39 is 6.04 Å². The molecule has 0 bridgehead atoms. The number of halogens is 1. The molecule has 8 heteroatoms. The minimum atomic E-state index is -0.463. The molecule has 0 aliphatic carbocycles. The second-order valence-corrected chi connectivity index (χ2v) is 8.60. The zero-order valence-electron chi connectivity index (χ0n) is 19.1. The van der Waals surface area contributed by atoms with E-state index in [9.17, 15) is 14.0 Å². The molecule has 1 aliphatic heterocycles. The van der Waals surface area contributed by atoms with Gasteiger partial charge >= 0.3 is 5.69 Å². The van der Waals surface area contributed by atoms with Crippen LogP contribution < -0.4 is 21.9 Å². The van der Waals surface area contributed by atoms with Gasteiger partial charge in [0.2, 0.25) is 0 Å². The first kappa shape index (κ1) is 22.9. The molecule has 7 nitrogen and oxygen atoms in total. The highest BCUT2D eigenvalue weighted by molar-refractivity contribution is 5.49. The van der Waals surface area contributed by atoms with Crippen LogP contribution in [0.1, 0.15) is 22.9 Å². The molecule has 1 saturated heterocycles. The zero-order valence-corrected chi connectivity index (χ0v) is 19.1. The average Bonchev–Trinajstić information content (AvgIpc) is 2.82. The van der Waals surface area contributed by atoms with Crippen LogP contribution in [0.4, 0.5) is 10.1 Å². The standard InChI is InChI=1S/C25H30FN5O2/c1-18-23(30-13-11-29(12-14-30)16-19-7-6-10-21(26)15-19)24(32)31(25(33)28(18)2)17-22(27)20-8-4-3-5-9-20/h3-10,15,22H,11-14,16-17,27H2,1-2H3. The lowest BCUT2D eigenvalue weighted by molar-refractivity contribution is 0.249. The van der Waals surface area contributed by atoms with Crippen LogP contribution in [0.25, 0.3) is 0 Å². The molecule has 1 aliphatic rings. The molecule has 33 heavy (non-hydrogen) atoms. The molecule has 2 heterocycles. The summed E-state index contributed by atoms with van der Waals surface area (Å²) < 4.78 is 16.3. The Labute approximate surface area is 192 Å². The summed E-state index contributed by atoms with van der Waals surface area (Å²) in [5, 5.41) is 0. The average molecular weight is 452 g/mol. The number of piperazine rings is 1. The van der Waals surface area contributed by atoms with Gasteiger partial charge in [0.1, 0.15) is 11.5 Å². The molecule has 1 aromatic heterocycles. The van der Waals surface area contributed by atoms with Crippen molar-refractivity contribution < 1.29 is 4.39 Å². The third-order valence-corrected chi connectivity index (χ3v) is 6.40. The number of benzene rings is 2. The molecule has 1 atom stereocenters. The van der Waals surface area contributed by atoms with Crippen LogP contribution in [0, 0.1) is 12.7 Å². The number of nitrogens with zero attached hydrogens (tertiary/aromatic N) is 4. The van der Waals surface area contributed by atoms with Gasteiger partial charge in [0.25, 0.3) is 5.56 Å². The number of nitrogens with two attached hydrogens (primary N) is 1. The van der Waals surface area contributed by atoms with Gasteiger partial charge in [-0.1, -0.05) is 42.5 Å². The zero-order chi connectivity index (χ0) is 23.5.